The van der Waals surface area contributed by atoms with Crippen molar-refractivity contribution in [3.05, 3.63) is 0 Å². The molecule has 128 valence electrons. The lowest BCUT2D eigenvalue weighted by molar-refractivity contribution is -0.178. The second-order valence-corrected chi connectivity index (χ2v) is 8.86. The number of hydrogen-bond acceptors (Lipinski definition) is 4. The van der Waals surface area contributed by atoms with Gasteiger partial charge in [-0.2, -0.15) is 0 Å². The second kappa shape index (κ2) is 5.49. The Labute approximate surface area is 138 Å². The number of fused-ring (bicyclic) bond motifs is 4. The van der Waals surface area contributed by atoms with Gasteiger partial charge in [-0.15, -0.1) is 0 Å². The third-order valence-corrected chi connectivity index (χ3v) is 6.88. The summed E-state index contributed by atoms with van der Waals surface area (Å²) in [6.07, 6.45) is 9.26. The summed E-state index contributed by atoms with van der Waals surface area (Å²) in [6, 6.07) is 0. The highest BCUT2D eigenvalue weighted by Gasteiger charge is 2.48. The number of rotatable bonds is 4. The molecule has 6 unspecified atom stereocenters. The average Bonchev–Trinajstić information content (AvgIpc) is 3.27. The summed E-state index contributed by atoms with van der Waals surface area (Å²) in [5.41, 5.74) is -1.19. The molecule has 0 radical (unpaired) electrons. The lowest BCUT2D eigenvalue weighted by Crippen LogP contribution is -2.41. The molecule has 6 atom stereocenters. The van der Waals surface area contributed by atoms with Crippen molar-refractivity contribution >= 4 is 11.9 Å². The van der Waals surface area contributed by atoms with E-state index < -0.39 is 17.4 Å². The van der Waals surface area contributed by atoms with E-state index in [4.69, 9.17) is 9.47 Å². The van der Waals surface area contributed by atoms with Gasteiger partial charge in [0.15, 0.2) is 5.41 Å². The molecule has 4 fully saturated rings. The fraction of sp³-hybridized carbons (Fsp3) is 0.895. The van der Waals surface area contributed by atoms with Gasteiger partial charge in [0.1, 0.15) is 12.2 Å². The molecule has 0 aromatic rings. The average molecular weight is 320 g/mol. The molecule has 0 saturated heterocycles. The SMILES string of the molecule is CC(C)(C(=O)OC1CC2CCC1C2)C(=O)OC1CC2CCC1C2. The van der Waals surface area contributed by atoms with Crippen LogP contribution in [0, 0.1) is 29.1 Å². The standard InChI is InChI=1S/C19H28O4/c1-19(2,17(20)22-15-9-11-3-5-13(15)7-11)18(21)23-16-10-12-4-6-14(16)8-12/h11-16H,3-10H2,1-2H3. The van der Waals surface area contributed by atoms with E-state index in [0.29, 0.717) is 11.8 Å². The minimum atomic E-state index is -1.19. The van der Waals surface area contributed by atoms with Crippen molar-refractivity contribution in [3.63, 3.8) is 0 Å². The Bertz CT molecular complexity index is 467. The minimum absolute atomic E-state index is 0.0239. The molecule has 0 heterocycles. The Kier molecular flexibility index (Phi) is 3.69. The Balaban J connectivity index is 1.34. The van der Waals surface area contributed by atoms with Crippen LogP contribution in [0.3, 0.4) is 0 Å². The first-order valence-corrected chi connectivity index (χ1v) is 9.35. The molecule has 0 amide bonds. The van der Waals surface area contributed by atoms with Gasteiger partial charge in [-0.05, 0) is 88.9 Å². The molecule has 4 bridgehead atoms. The lowest BCUT2D eigenvalue weighted by Gasteiger charge is -2.29. The van der Waals surface area contributed by atoms with Crippen LogP contribution in [0.1, 0.15) is 65.2 Å². The Morgan fingerprint density at radius 3 is 1.48 bits per heavy atom. The summed E-state index contributed by atoms with van der Waals surface area (Å²) in [6.45, 7) is 3.30. The monoisotopic (exact) mass is 320 g/mol. The first kappa shape index (κ1) is 15.5. The zero-order valence-corrected chi connectivity index (χ0v) is 14.3. The van der Waals surface area contributed by atoms with Crippen molar-refractivity contribution in [3.8, 4) is 0 Å². The van der Waals surface area contributed by atoms with Crippen LogP contribution in [0.25, 0.3) is 0 Å². The lowest BCUT2D eigenvalue weighted by atomic mass is 9.92. The maximum atomic E-state index is 12.5. The number of carbonyl (C=O) groups is 2. The summed E-state index contributed by atoms with van der Waals surface area (Å²) in [4.78, 5) is 25.1. The molecule has 0 spiro atoms. The molecule has 4 aliphatic rings. The Morgan fingerprint density at radius 2 is 1.17 bits per heavy atom. The molecule has 0 aliphatic heterocycles. The zero-order valence-electron chi connectivity index (χ0n) is 14.3. The summed E-state index contributed by atoms with van der Waals surface area (Å²) < 4.78 is 11.4. The van der Waals surface area contributed by atoms with Gasteiger partial charge in [-0.3, -0.25) is 9.59 Å². The van der Waals surface area contributed by atoms with Crippen LogP contribution in [0.5, 0.6) is 0 Å². The molecule has 0 aromatic heterocycles. The molecule has 23 heavy (non-hydrogen) atoms. The maximum Gasteiger partial charge on any atom is 0.323 e. The molecule has 4 rings (SSSR count). The molecule has 4 saturated carbocycles. The summed E-state index contributed by atoms with van der Waals surface area (Å²) >= 11 is 0. The third-order valence-electron chi connectivity index (χ3n) is 6.88. The third kappa shape index (κ3) is 2.68. The minimum Gasteiger partial charge on any atom is -0.461 e. The van der Waals surface area contributed by atoms with Crippen LogP contribution in [-0.2, 0) is 19.1 Å². The highest BCUT2D eigenvalue weighted by molar-refractivity contribution is 5.99. The Hall–Kier alpha value is -1.06. The van der Waals surface area contributed by atoms with Crippen LogP contribution in [0.2, 0.25) is 0 Å². The summed E-state index contributed by atoms with van der Waals surface area (Å²) in [5.74, 6) is 1.68. The summed E-state index contributed by atoms with van der Waals surface area (Å²) in [5, 5.41) is 0. The van der Waals surface area contributed by atoms with E-state index in [0.717, 1.165) is 24.7 Å². The highest BCUT2D eigenvalue weighted by Crippen LogP contribution is 2.47. The van der Waals surface area contributed by atoms with E-state index in [1.54, 1.807) is 13.8 Å². The molecular formula is C19H28O4. The van der Waals surface area contributed by atoms with Crippen molar-refractivity contribution < 1.29 is 19.1 Å². The molecule has 4 nitrogen and oxygen atoms in total. The maximum absolute atomic E-state index is 12.5. The van der Waals surface area contributed by atoms with E-state index in [2.05, 4.69) is 0 Å². The van der Waals surface area contributed by atoms with Crippen LogP contribution in [0.15, 0.2) is 0 Å². The van der Waals surface area contributed by atoms with Gasteiger partial charge in [0.2, 0.25) is 0 Å². The molecule has 4 heteroatoms. The van der Waals surface area contributed by atoms with Crippen LogP contribution >= 0.6 is 0 Å². The van der Waals surface area contributed by atoms with E-state index in [1.807, 2.05) is 0 Å². The molecule has 4 aliphatic carbocycles. The molecular weight excluding hydrogens is 292 g/mol. The first-order chi connectivity index (χ1) is 10.9. The van der Waals surface area contributed by atoms with Crippen molar-refractivity contribution in [1.29, 1.82) is 0 Å². The van der Waals surface area contributed by atoms with E-state index >= 15 is 0 Å². The normalized spacial score (nSPS) is 41.3. The number of ether oxygens (including phenoxy) is 2. The number of esters is 2. The van der Waals surface area contributed by atoms with Gasteiger partial charge >= 0.3 is 11.9 Å². The van der Waals surface area contributed by atoms with Crippen molar-refractivity contribution in [2.75, 3.05) is 0 Å². The summed E-state index contributed by atoms with van der Waals surface area (Å²) in [7, 11) is 0. The zero-order chi connectivity index (χ0) is 16.2. The topological polar surface area (TPSA) is 52.6 Å². The van der Waals surface area contributed by atoms with Gasteiger partial charge in [-0.25, -0.2) is 0 Å². The van der Waals surface area contributed by atoms with Gasteiger partial charge in [0.25, 0.3) is 0 Å². The predicted octanol–water partition coefficient (Wildman–Crippen LogP) is 3.48. The van der Waals surface area contributed by atoms with Crippen molar-refractivity contribution in [2.45, 2.75) is 77.4 Å². The van der Waals surface area contributed by atoms with E-state index in [-0.39, 0.29) is 12.2 Å². The van der Waals surface area contributed by atoms with Crippen molar-refractivity contribution in [2.24, 2.45) is 29.1 Å². The van der Waals surface area contributed by atoms with Gasteiger partial charge in [-0.1, -0.05) is 0 Å². The van der Waals surface area contributed by atoms with Crippen LogP contribution in [-0.4, -0.2) is 24.1 Å². The van der Waals surface area contributed by atoms with Crippen LogP contribution < -0.4 is 0 Å². The van der Waals surface area contributed by atoms with Crippen molar-refractivity contribution in [1.82, 2.24) is 0 Å². The predicted molar refractivity (Wildman–Crippen MR) is 84.4 cm³/mol. The quantitative estimate of drug-likeness (QED) is 0.588. The largest absolute Gasteiger partial charge is 0.461 e. The second-order valence-electron chi connectivity index (χ2n) is 8.86. The first-order valence-electron chi connectivity index (χ1n) is 9.35. The van der Waals surface area contributed by atoms with Crippen LogP contribution in [0.4, 0.5) is 0 Å². The Morgan fingerprint density at radius 1 is 0.739 bits per heavy atom. The van der Waals surface area contributed by atoms with E-state index in [9.17, 15) is 9.59 Å². The number of carbonyl (C=O) groups excluding carboxylic acids is 2. The van der Waals surface area contributed by atoms with E-state index in [1.165, 1.54) is 38.5 Å². The molecule has 0 N–H and O–H groups in total. The smallest absolute Gasteiger partial charge is 0.323 e. The van der Waals surface area contributed by atoms with Gasteiger partial charge in [0, 0.05) is 0 Å². The molecule has 0 aromatic carbocycles. The van der Waals surface area contributed by atoms with Gasteiger partial charge < -0.3 is 9.47 Å². The van der Waals surface area contributed by atoms with Gasteiger partial charge in [0.05, 0.1) is 0 Å². The highest BCUT2D eigenvalue weighted by atomic mass is 16.6. The number of hydrogen-bond donors (Lipinski definition) is 0. The fourth-order valence-corrected chi connectivity index (χ4v) is 5.31. The fourth-order valence-electron chi connectivity index (χ4n) is 5.31.